The lowest BCUT2D eigenvalue weighted by atomic mass is 10.1. The van der Waals surface area contributed by atoms with Crippen molar-refractivity contribution < 1.29 is 9.59 Å². The van der Waals surface area contributed by atoms with Gasteiger partial charge in [-0.25, -0.2) is 0 Å². The zero-order chi connectivity index (χ0) is 18.4. The molecule has 2 aromatic carbocycles. The van der Waals surface area contributed by atoms with E-state index in [1.807, 2.05) is 32.0 Å². The number of carbonyl (C=O) groups excluding carboxylic acids is 2. The molecule has 25 heavy (non-hydrogen) atoms. The Balaban J connectivity index is 1.97. The second-order valence-electron chi connectivity index (χ2n) is 6.05. The molecule has 0 bridgehead atoms. The Hall–Kier alpha value is -2.37. The molecule has 0 heterocycles. The van der Waals surface area contributed by atoms with Gasteiger partial charge in [0.25, 0.3) is 11.8 Å². The summed E-state index contributed by atoms with van der Waals surface area (Å²) in [6.45, 7) is 3.24. The van der Waals surface area contributed by atoms with E-state index in [-0.39, 0.29) is 11.8 Å². The van der Waals surface area contributed by atoms with Crippen LogP contribution < -0.4 is 10.6 Å². The Morgan fingerprint density at radius 2 is 1.60 bits per heavy atom. The number of likely N-dealkylation sites (N-methyl/N-ethyl adjacent to an activating group) is 1. The van der Waals surface area contributed by atoms with Gasteiger partial charge in [-0.05, 0) is 63.0 Å². The highest BCUT2D eigenvalue weighted by Gasteiger charge is 2.10. The summed E-state index contributed by atoms with van der Waals surface area (Å²) in [6.07, 6.45) is 0. The van der Waals surface area contributed by atoms with Crippen molar-refractivity contribution in [2.45, 2.75) is 6.92 Å². The summed E-state index contributed by atoms with van der Waals surface area (Å²) >= 11 is 6.06. The second-order valence-corrected chi connectivity index (χ2v) is 6.46. The van der Waals surface area contributed by atoms with Crippen LogP contribution in [0.5, 0.6) is 0 Å². The maximum atomic E-state index is 12.3. The monoisotopic (exact) mass is 359 g/mol. The highest BCUT2D eigenvalue weighted by Crippen LogP contribution is 2.20. The van der Waals surface area contributed by atoms with Crippen molar-refractivity contribution in [3.8, 4) is 0 Å². The molecule has 132 valence electrons. The molecule has 0 spiro atoms. The molecular formula is C19H22ClN3O2. The smallest absolute Gasteiger partial charge is 0.255 e. The lowest BCUT2D eigenvalue weighted by Gasteiger charge is -2.11. The summed E-state index contributed by atoms with van der Waals surface area (Å²) in [5.74, 6) is -0.404. The van der Waals surface area contributed by atoms with E-state index >= 15 is 0 Å². The SMILES string of the molecule is Cc1ccc(NC(=O)c2ccc(C(=O)NCCN(C)C)cc2)cc1Cl. The van der Waals surface area contributed by atoms with Gasteiger partial charge in [-0.3, -0.25) is 9.59 Å². The van der Waals surface area contributed by atoms with Gasteiger partial charge in [-0.15, -0.1) is 0 Å². The molecule has 0 atom stereocenters. The van der Waals surface area contributed by atoms with Crippen LogP contribution in [0.1, 0.15) is 26.3 Å². The maximum absolute atomic E-state index is 12.3. The second kappa shape index (κ2) is 8.65. The van der Waals surface area contributed by atoms with Crippen LogP contribution in [0.15, 0.2) is 42.5 Å². The van der Waals surface area contributed by atoms with Crippen molar-refractivity contribution in [3.05, 3.63) is 64.2 Å². The number of hydrogen-bond donors (Lipinski definition) is 2. The summed E-state index contributed by atoms with van der Waals surface area (Å²) in [5, 5.41) is 6.23. The lowest BCUT2D eigenvalue weighted by molar-refractivity contribution is 0.0949. The Bertz CT molecular complexity index is 758. The first kappa shape index (κ1) is 19.0. The van der Waals surface area contributed by atoms with Gasteiger partial charge in [-0.2, -0.15) is 0 Å². The third kappa shape index (κ3) is 5.59. The molecule has 6 heteroatoms. The predicted octanol–water partition coefficient (Wildman–Crippen LogP) is 3.19. The van der Waals surface area contributed by atoms with E-state index in [0.29, 0.717) is 28.4 Å². The summed E-state index contributed by atoms with van der Waals surface area (Å²) in [4.78, 5) is 26.3. The van der Waals surface area contributed by atoms with Crippen LogP contribution in [0.2, 0.25) is 5.02 Å². The first-order chi connectivity index (χ1) is 11.9. The minimum atomic E-state index is -0.250. The highest BCUT2D eigenvalue weighted by atomic mass is 35.5. The number of benzene rings is 2. The Morgan fingerprint density at radius 1 is 1.00 bits per heavy atom. The summed E-state index contributed by atoms with van der Waals surface area (Å²) in [5.41, 5.74) is 2.57. The van der Waals surface area contributed by atoms with Gasteiger partial charge >= 0.3 is 0 Å². The Kier molecular flexibility index (Phi) is 6.56. The lowest BCUT2D eigenvalue weighted by Crippen LogP contribution is -2.31. The number of anilines is 1. The molecule has 0 aromatic heterocycles. The van der Waals surface area contributed by atoms with Gasteiger partial charge in [-0.1, -0.05) is 17.7 Å². The van der Waals surface area contributed by atoms with Crippen LogP contribution in [0.3, 0.4) is 0 Å². The number of halogens is 1. The molecule has 0 saturated heterocycles. The largest absolute Gasteiger partial charge is 0.351 e. The van der Waals surface area contributed by atoms with Crippen LogP contribution >= 0.6 is 11.6 Å². The molecule has 0 fully saturated rings. The van der Waals surface area contributed by atoms with E-state index in [0.717, 1.165) is 12.1 Å². The highest BCUT2D eigenvalue weighted by molar-refractivity contribution is 6.31. The molecule has 2 N–H and O–H groups in total. The minimum Gasteiger partial charge on any atom is -0.351 e. The average molecular weight is 360 g/mol. The van der Waals surface area contributed by atoms with E-state index < -0.39 is 0 Å². The summed E-state index contributed by atoms with van der Waals surface area (Å²) in [7, 11) is 3.89. The molecule has 2 aromatic rings. The van der Waals surface area contributed by atoms with Gasteiger partial charge < -0.3 is 15.5 Å². The van der Waals surface area contributed by atoms with Gasteiger partial charge in [0.2, 0.25) is 0 Å². The standard InChI is InChI=1S/C19H22ClN3O2/c1-13-4-9-16(12-17(13)20)22-19(25)15-7-5-14(6-8-15)18(24)21-10-11-23(2)3/h4-9,12H,10-11H2,1-3H3,(H,21,24)(H,22,25). The van der Waals surface area contributed by atoms with Gasteiger partial charge in [0.1, 0.15) is 0 Å². The van der Waals surface area contributed by atoms with Crippen molar-refractivity contribution in [2.75, 3.05) is 32.5 Å². The molecule has 0 aliphatic heterocycles. The normalized spacial score (nSPS) is 10.6. The topological polar surface area (TPSA) is 61.4 Å². The average Bonchev–Trinajstić information content (AvgIpc) is 2.58. The molecule has 0 unspecified atom stereocenters. The van der Waals surface area contributed by atoms with E-state index in [4.69, 9.17) is 11.6 Å². The van der Waals surface area contributed by atoms with E-state index in [9.17, 15) is 9.59 Å². The number of hydrogen-bond acceptors (Lipinski definition) is 3. The van der Waals surface area contributed by atoms with Crippen LogP contribution in [0.4, 0.5) is 5.69 Å². The predicted molar refractivity (Wildman–Crippen MR) is 101 cm³/mol. The fourth-order valence-corrected chi connectivity index (χ4v) is 2.32. The molecule has 0 radical (unpaired) electrons. The molecule has 2 rings (SSSR count). The quantitative estimate of drug-likeness (QED) is 0.832. The first-order valence-corrected chi connectivity index (χ1v) is 8.35. The molecule has 0 saturated carbocycles. The van der Waals surface area contributed by atoms with Crippen LogP contribution in [0, 0.1) is 6.92 Å². The molecule has 5 nitrogen and oxygen atoms in total. The molecule has 0 aliphatic carbocycles. The van der Waals surface area contributed by atoms with Crippen molar-refractivity contribution in [1.82, 2.24) is 10.2 Å². The molecule has 2 amide bonds. The number of nitrogens with zero attached hydrogens (tertiary/aromatic N) is 1. The summed E-state index contributed by atoms with van der Waals surface area (Å²) in [6, 6.07) is 11.9. The van der Waals surface area contributed by atoms with Crippen molar-refractivity contribution in [1.29, 1.82) is 0 Å². The van der Waals surface area contributed by atoms with E-state index in [2.05, 4.69) is 10.6 Å². The summed E-state index contributed by atoms with van der Waals surface area (Å²) < 4.78 is 0. The Morgan fingerprint density at radius 3 is 2.16 bits per heavy atom. The minimum absolute atomic E-state index is 0.154. The fourth-order valence-electron chi connectivity index (χ4n) is 2.14. The van der Waals surface area contributed by atoms with Crippen molar-refractivity contribution in [3.63, 3.8) is 0 Å². The number of aryl methyl sites for hydroxylation is 1. The van der Waals surface area contributed by atoms with Crippen LogP contribution in [-0.4, -0.2) is 43.9 Å². The number of rotatable bonds is 6. The number of amides is 2. The third-order valence-electron chi connectivity index (χ3n) is 3.68. The molecular weight excluding hydrogens is 338 g/mol. The van der Waals surface area contributed by atoms with Crippen molar-refractivity contribution >= 4 is 29.1 Å². The first-order valence-electron chi connectivity index (χ1n) is 7.97. The van der Waals surface area contributed by atoms with E-state index in [1.165, 1.54) is 0 Å². The third-order valence-corrected chi connectivity index (χ3v) is 4.09. The zero-order valence-corrected chi connectivity index (χ0v) is 15.4. The van der Waals surface area contributed by atoms with E-state index in [1.54, 1.807) is 36.4 Å². The fraction of sp³-hybridized carbons (Fsp3) is 0.263. The van der Waals surface area contributed by atoms with Gasteiger partial charge in [0.15, 0.2) is 0 Å². The molecule has 0 aliphatic rings. The zero-order valence-electron chi connectivity index (χ0n) is 14.6. The van der Waals surface area contributed by atoms with Crippen LogP contribution in [-0.2, 0) is 0 Å². The maximum Gasteiger partial charge on any atom is 0.255 e. The number of carbonyl (C=O) groups is 2. The number of nitrogens with one attached hydrogen (secondary N) is 2. The Labute approximate surface area is 153 Å². The van der Waals surface area contributed by atoms with Gasteiger partial charge in [0, 0.05) is 34.9 Å². The van der Waals surface area contributed by atoms with Crippen LogP contribution in [0.25, 0.3) is 0 Å². The van der Waals surface area contributed by atoms with Gasteiger partial charge in [0.05, 0.1) is 0 Å². The van der Waals surface area contributed by atoms with Crippen molar-refractivity contribution in [2.24, 2.45) is 0 Å².